The number of rotatable bonds is 5. The molecule has 0 aromatic heterocycles. The zero-order chi connectivity index (χ0) is 16.8. The number of benzene rings is 2. The molecule has 1 N–H and O–H groups in total. The Labute approximate surface area is 139 Å². The zero-order valence-corrected chi connectivity index (χ0v) is 13.3. The van der Waals surface area contributed by atoms with Crippen LogP contribution in [-0.2, 0) is 9.59 Å². The van der Waals surface area contributed by atoms with Crippen LogP contribution in [0, 0.1) is 5.92 Å². The molecule has 0 heterocycles. The zero-order valence-electron chi connectivity index (χ0n) is 12.6. The van der Waals surface area contributed by atoms with E-state index in [4.69, 9.17) is 16.3 Å². The summed E-state index contributed by atoms with van der Waals surface area (Å²) in [6.45, 7) is 5.26. The number of ether oxygens (including phenoxy) is 1. The van der Waals surface area contributed by atoms with Gasteiger partial charge in [-0.3, -0.25) is 4.79 Å². The number of para-hydroxylation sites is 1. The second kappa shape index (κ2) is 7.61. The second-order valence-electron chi connectivity index (χ2n) is 4.95. The van der Waals surface area contributed by atoms with Crippen molar-refractivity contribution in [3.63, 3.8) is 0 Å². The lowest BCUT2D eigenvalue weighted by atomic mass is 10.0. The Morgan fingerprint density at radius 2 is 1.83 bits per heavy atom. The predicted octanol–water partition coefficient (Wildman–Crippen LogP) is 4.08. The van der Waals surface area contributed by atoms with Crippen LogP contribution in [0.5, 0.6) is 5.75 Å². The number of nitrogens with one attached hydrogen (secondary N) is 1. The van der Waals surface area contributed by atoms with Gasteiger partial charge in [-0.25, -0.2) is 4.79 Å². The standard InChI is InChI=1S/C18H16ClNO3/c1-12(17(21)20-15-8-4-3-5-9-15)13(2)18(22)23-16-10-6-7-14(19)11-16/h3-12H,2H2,1H3,(H,20,21). The van der Waals surface area contributed by atoms with Gasteiger partial charge in [-0.15, -0.1) is 0 Å². The van der Waals surface area contributed by atoms with E-state index in [0.29, 0.717) is 16.5 Å². The highest BCUT2D eigenvalue weighted by Crippen LogP contribution is 2.20. The maximum atomic E-state index is 12.2. The van der Waals surface area contributed by atoms with E-state index in [0.717, 1.165) is 0 Å². The lowest BCUT2D eigenvalue weighted by Gasteiger charge is -2.14. The molecule has 0 spiro atoms. The molecule has 0 bridgehead atoms. The van der Waals surface area contributed by atoms with E-state index in [-0.39, 0.29) is 11.5 Å². The summed E-state index contributed by atoms with van der Waals surface area (Å²) >= 11 is 5.83. The van der Waals surface area contributed by atoms with Crippen LogP contribution < -0.4 is 10.1 Å². The monoisotopic (exact) mass is 329 g/mol. The fourth-order valence-electron chi connectivity index (χ4n) is 1.81. The van der Waals surface area contributed by atoms with Gasteiger partial charge in [0.15, 0.2) is 0 Å². The Morgan fingerprint density at radius 1 is 1.13 bits per heavy atom. The molecule has 0 aliphatic heterocycles. The van der Waals surface area contributed by atoms with Gasteiger partial charge in [0, 0.05) is 16.3 Å². The molecular weight excluding hydrogens is 314 g/mol. The van der Waals surface area contributed by atoms with E-state index in [1.54, 1.807) is 37.3 Å². The summed E-state index contributed by atoms with van der Waals surface area (Å²) in [6, 6.07) is 15.4. The smallest absolute Gasteiger partial charge is 0.339 e. The van der Waals surface area contributed by atoms with Crippen LogP contribution in [0.1, 0.15) is 6.92 Å². The van der Waals surface area contributed by atoms with Crippen LogP contribution in [0.2, 0.25) is 5.02 Å². The lowest BCUT2D eigenvalue weighted by molar-refractivity contribution is -0.132. The molecule has 2 aromatic rings. The van der Waals surface area contributed by atoms with Gasteiger partial charge in [-0.2, -0.15) is 0 Å². The van der Waals surface area contributed by atoms with Crippen molar-refractivity contribution >= 4 is 29.2 Å². The van der Waals surface area contributed by atoms with Gasteiger partial charge >= 0.3 is 5.97 Å². The Morgan fingerprint density at radius 3 is 2.48 bits per heavy atom. The van der Waals surface area contributed by atoms with E-state index >= 15 is 0 Å². The summed E-state index contributed by atoms with van der Waals surface area (Å²) in [5, 5.41) is 3.18. The maximum absolute atomic E-state index is 12.2. The van der Waals surface area contributed by atoms with Crippen molar-refractivity contribution in [1.29, 1.82) is 0 Å². The molecular formula is C18H16ClNO3. The molecule has 0 fully saturated rings. The van der Waals surface area contributed by atoms with Crippen LogP contribution in [0.3, 0.4) is 0 Å². The van der Waals surface area contributed by atoms with Crippen molar-refractivity contribution in [3.05, 3.63) is 71.8 Å². The quantitative estimate of drug-likeness (QED) is 0.511. The maximum Gasteiger partial charge on any atom is 0.339 e. The van der Waals surface area contributed by atoms with Gasteiger partial charge in [-0.05, 0) is 37.3 Å². The molecule has 2 rings (SSSR count). The predicted molar refractivity (Wildman–Crippen MR) is 90.5 cm³/mol. The molecule has 0 saturated carbocycles. The summed E-state index contributed by atoms with van der Waals surface area (Å²) < 4.78 is 5.18. The number of hydrogen-bond donors (Lipinski definition) is 1. The van der Waals surface area contributed by atoms with Gasteiger partial charge in [0.2, 0.25) is 5.91 Å². The number of halogens is 1. The minimum atomic E-state index is -0.720. The largest absolute Gasteiger partial charge is 0.423 e. The Balaban J connectivity index is 1.98. The molecule has 1 amide bonds. The van der Waals surface area contributed by atoms with Crippen LogP contribution in [-0.4, -0.2) is 11.9 Å². The third-order valence-electron chi connectivity index (χ3n) is 3.23. The Bertz CT molecular complexity index is 728. The van der Waals surface area contributed by atoms with Crippen molar-refractivity contribution in [2.75, 3.05) is 5.32 Å². The Kier molecular flexibility index (Phi) is 5.55. The van der Waals surface area contributed by atoms with Crippen molar-refractivity contribution in [2.45, 2.75) is 6.92 Å². The molecule has 4 nitrogen and oxygen atoms in total. The SMILES string of the molecule is C=C(C(=O)Oc1cccc(Cl)c1)C(C)C(=O)Nc1ccccc1. The second-order valence-corrected chi connectivity index (χ2v) is 5.39. The van der Waals surface area contributed by atoms with Crippen LogP contribution in [0.15, 0.2) is 66.7 Å². The third kappa shape index (κ3) is 4.69. The first-order valence-electron chi connectivity index (χ1n) is 7.00. The Hall–Kier alpha value is -2.59. The highest BCUT2D eigenvalue weighted by molar-refractivity contribution is 6.30. The summed E-state index contributed by atoms with van der Waals surface area (Å²) in [6.07, 6.45) is 0. The molecule has 0 radical (unpaired) electrons. The molecule has 1 unspecified atom stereocenters. The van der Waals surface area contributed by atoms with Crippen molar-refractivity contribution in [3.8, 4) is 5.75 Å². The molecule has 0 aliphatic rings. The normalized spacial score (nSPS) is 11.4. The summed E-state index contributed by atoms with van der Waals surface area (Å²) in [5.41, 5.74) is 0.721. The topological polar surface area (TPSA) is 55.4 Å². The summed E-state index contributed by atoms with van der Waals surface area (Å²) in [5.74, 6) is -1.41. The number of carbonyl (C=O) groups excluding carboxylic acids is 2. The molecule has 118 valence electrons. The molecule has 0 aliphatic carbocycles. The first-order valence-corrected chi connectivity index (χ1v) is 7.37. The highest BCUT2D eigenvalue weighted by Gasteiger charge is 2.23. The number of esters is 1. The molecule has 23 heavy (non-hydrogen) atoms. The van der Waals surface area contributed by atoms with Gasteiger partial charge in [-0.1, -0.05) is 42.4 Å². The first-order chi connectivity index (χ1) is 11.0. The van der Waals surface area contributed by atoms with E-state index in [1.165, 1.54) is 6.07 Å². The number of amides is 1. The van der Waals surface area contributed by atoms with E-state index < -0.39 is 11.9 Å². The third-order valence-corrected chi connectivity index (χ3v) is 3.46. The molecule has 2 aromatic carbocycles. The summed E-state index contributed by atoms with van der Waals surface area (Å²) in [7, 11) is 0. The van der Waals surface area contributed by atoms with Gasteiger partial charge in [0.25, 0.3) is 0 Å². The van der Waals surface area contributed by atoms with Gasteiger partial charge in [0.1, 0.15) is 5.75 Å². The first kappa shape index (κ1) is 16.8. The number of carbonyl (C=O) groups is 2. The average Bonchev–Trinajstić information content (AvgIpc) is 2.54. The van der Waals surface area contributed by atoms with Crippen molar-refractivity contribution < 1.29 is 14.3 Å². The van der Waals surface area contributed by atoms with E-state index in [9.17, 15) is 9.59 Å². The lowest BCUT2D eigenvalue weighted by Crippen LogP contribution is -2.26. The van der Waals surface area contributed by atoms with Crippen molar-refractivity contribution in [1.82, 2.24) is 0 Å². The fourth-order valence-corrected chi connectivity index (χ4v) is 1.99. The van der Waals surface area contributed by atoms with Crippen molar-refractivity contribution in [2.24, 2.45) is 5.92 Å². The average molecular weight is 330 g/mol. The van der Waals surface area contributed by atoms with Gasteiger partial charge < -0.3 is 10.1 Å². The van der Waals surface area contributed by atoms with Crippen LogP contribution >= 0.6 is 11.6 Å². The minimum absolute atomic E-state index is 0.0680. The number of hydrogen-bond acceptors (Lipinski definition) is 3. The van der Waals surface area contributed by atoms with E-state index in [1.807, 2.05) is 18.2 Å². The fraction of sp³-hybridized carbons (Fsp3) is 0.111. The minimum Gasteiger partial charge on any atom is -0.423 e. The van der Waals surface area contributed by atoms with Gasteiger partial charge in [0.05, 0.1) is 5.92 Å². The highest BCUT2D eigenvalue weighted by atomic mass is 35.5. The molecule has 5 heteroatoms. The molecule has 0 saturated heterocycles. The van der Waals surface area contributed by atoms with E-state index in [2.05, 4.69) is 11.9 Å². The summed E-state index contributed by atoms with van der Waals surface area (Å²) in [4.78, 5) is 24.2. The number of anilines is 1. The van der Waals surface area contributed by atoms with Crippen LogP contribution in [0.25, 0.3) is 0 Å². The van der Waals surface area contributed by atoms with Crippen LogP contribution in [0.4, 0.5) is 5.69 Å². The molecule has 1 atom stereocenters.